The molecule has 0 aliphatic carbocycles. The van der Waals surface area contributed by atoms with Crippen molar-refractivity contribution in [3.8, 4) is 0 Å². The van der Waals surface area contributed by atoms with Gasteiger partial charge in [0.1, 0.15) is 11.7 Å². The third-order valence-electron chi connectivity index (χ3n) is 5.90. The van der Waals surface area contributed by atoms with Crippen molar-refractivity contribution in [3.63, 3.8) is 0 Å². The first-order valence-corrected chi connectivity index (χ1v) is 10.3. The van der Waals surface area contributed by atoms with E-state index in [4.69, 9.17) is 9.47 Å². The fourth-order valence-corrected chi connectivity index (χ4v) is 4.61. The minimum absolute atomic E-state index is 0.0625. The Labute approximate surface area is 166 Å². The van der Waals surface area contributed by atoms with Crippen LogP contribution in [0.1, 0.15) is 61.5 Å². The van der Waals surface area contributed by atoms with Crippen molar-refractivity contribution in [2.24, 2.45) is 0 Å². The summed E-state index contributed by atoms with van der Waals surface area (Å²) in [6, 6.07) is 6.56. The predicted molar refractivity (Wildman–Crippen MR) is 106 cm³/mol. The molecule has 3 heterocycles. The average molecular weight is 386 g/mol. The van der Waals surface area contributed by atoms with E-state index in [1.165, 1.54) is 5.56 Å². The van der Waals surface area contributed by atoms with Gasteiger partial charge in [0.2, 0.25) is 0 Å². The molecule has 0 saturated carbocycles. The predicted octanol–water partition coefficient (Wildman–Crippen LogP) is 3.20. The summed E-state index contributed by atoms with van der Waals surface area (Å²) in [5.74, 6) is 0.222. The van der Waals surface area contributed by atoms with Crippen LogP contribution < -0.4 is 0 Å². The van der Waals surface area contributed by atoms with Crippen LogP contribution in [0.15, 0.2) is 18.2 Å². The maximum Gasteiger partial charge on any atom is 0.410 e. The van der Waals surface area contributed by atoms with Gasteiger partial charge in [-0.2, -0.15) is 0 Å². The van der Waals surface area contributed by atoms with Crippen LogP contribution in [0.5, 0.6) is 0 Å². The second-order valence-electron chi connectivity index (χ2n) is 9.34. The van der Waals surface area contributed by atoms with Crippen molar-refractivity contribution in [2.45, 2.75) is 64.2 Å². The van der Waals surface area contributed by atoms with Gasteiger partial charge in [0.05, 0.1) is 5.56 Å². The van der Waals surface area contributed by atoms with E-state index in [-0.39, 0.29) is 18.2 Å². The zero-order chi connectivity index (χ0) is 20.1. The zero-order valence-corrected chi connectivity index (χ0v) is 17.2. The fraction of sp³-hybridized carbons (Fsp3) is 0.636. The molecule has 1 amide bonds. The molecule has 1 aromatic rings. The van der Waals surface area contributed by atoms with Crippen LogP contribution in [0, 0.1) is 0 Å². The van der Waals surface area contributed by atoms with Crippen molar-refractivity contribution in [1.82, 2.24) is 9.80 Å². The van der Waals surface area contributed by atoms with Gasteiger partial charge in [-0.25, -0.2) is 9.59 Å². The van der Waals surface area contributed by atoms with Gasteiger partial charge in [-0.05, 0) is 57.2 Å². The molecule has 0 N–H and O–H groups in total. The number of ether oxygens (including phenoxy) is 2. The molecule has 0 radical (unpaired) electrons. The number of amides is 1. The molecule has 3 aliphatic rings. The Morgan fingerprint density at radius 2 is 2.00 bits per heavy atom. The summed E-state index contributed by atoms with van der Waals surface area (Å²) in [7, 11) is 0. The van der Waals surface area contributed by atoms with Crippen molar-refractivity contribution in [2.75, 3.05) is 26.2 Å². The van der Waals surface area contributed by atoms with Crippen molar-refractivity contribution >= 4 is 12.1 Å². The molecule has 3 aliphatic heterocycles. The number of piperazine rings is 1. The van der Waals surface area contributed by atoms with Gasteiger partial charge in [0, 0.05) is 38.6 Å². The molecule has 4 rings (SSSR count). The Morgan fingerprint density at radius 3 is 2.75 bits per heavy atom. The lowest BCUT2D eigenvalue weighted by molar-refractivity contribution is 0.00920. The Balaban J connectivity index is 1.44. The molecule has 0 bridgehead atoms. The van der Waals surface area contributed by atoms with Crippen LogP contribution >= 0.6 is 0 Å². The van der Waals surface area contributed by atoms with Gasteiger partial charge in [0.15, 0.2) is 0 Å². The summed E-state index contributed by atoms with van der Waals surface area (Å²) < 4.78 is 10.9. The number of fused-ring (bicyclic) bond motifs is 2. The number of esters is 1. The van der Waals surface area contributed by atoms with Gasteiger partial charge >= 0.3 is 12.1 Å². The molecule has 6 nitrogen and oxygen atoms in total. The van der Waals surface area contributed by atoms with Crippen molar-refractivity contribution in [1.29, 1.82) is 0 Å². The van der Waals surface area contributed by atoms with Gasteiger partial charge < -0.3 is 14.4 Å². The maximum absolute atomic E-state index is 12.4. The number of carbonyl (C=O) groups is 2. The van der Waals surface area contributed by atoms with E-state index in [0.29, 0.717) is 24.1 Å². The molecule has 2 saturated heterocycles. The first kappa shape index (κ1) is 19.2. The molecule has 0 aromatic heterocycles. The summed E-state index contributed by atoms with van der Waals surface area (Å²) in [5.41, 5.74) is 2.63. The molecule has 0 spiro atoms. The highest BCUT2D eigenvalue weighted by atomic mass is 16.6. The average Bonchev–Trinajstić information content (AvgIpc) is 3.02. The van der Waals surface area contributed by atoms with Crippen molar-refractivity contribution in [3.05, 3.63) is 34.9 Å². The minimum Gasteiger partial charge on any atom is -0.459 e. The lowest BCUT2D eigenvalue weighted by Crippen LogP contribution is -2.53. The first-order valence-electron chi connectivity index (χ1n) is 10.3. The smallest absolute Gasteiger partial charge is 0.410 e. The van der Waals surface area contributed by atoms with Gasteiger partial charge in [0.25, 0.3) is 0 Å². The Morgan fingerprint density at radius 1 is 1.21 bits per heavy atom. The highest BCUT2D eigenvalue weighted by molar-refractivity contribution is 5.92. The zero-order valence-electron chi connectivity index (χ0n) is 17.2. The molecule has 2 unspecified atom stereocenters. The monoisotopic (exact) mass is 386 g/mol. The molecular weight excluding hydrogens is 356 g/mol. The number of benzene rings is 1. The largest absolute Gasteiger partial charge is 0.459 e. The van der Waals surface area contributed by atoms with Crippen LogP contribution in [0.25, 0.3) is 0 Å². The van der Waals surface area contributed by atoms with Gasteiger partial charge in [-0.1, -0.05) is 12.1 Å². The number of hydrogen-bond donors (Lipinski definition) is 0. The number of carbonyl (C=O) groups excluding carboxylic acids is 2. The van der Waals surface area contributed by atoms with Crippen LogP contribution in [-0.4, -0.2) is 65.8 Å². The van der Waals surface area contributed by atoms with E-state index in [1.54, 1.807) is 0 Å². The molecule has 3 atom stereocenters. The summed E-state index contributed by atoms with van der Waals surface area (Å²) in [5, 5.41) is 0. The van der Waals surface area contributed by atoms with Gasteiger partial charge in [-0.3, -0.25) is 4.90 Å². The third kappa shape index (κ3) is 3.88. The molecular formula is C22H30N2O4. The normalized spacial score (nSPS) is 27.8. The maximum atomic E-state index is 12.4. The first-order chi connectivity index (χ1) is 13.2. The molecule has 1 aromatic carbocycles. The third-order valence-corrected chi connectivity index (χ3v) is 5.90. The summed E-state index contributed by atoms with van der Waals surface area (Å²) in [6.07, 6.45) is 1.53. The second kappa shape index (κ2) is 7.07. The lowest BCUT2D eigenvalue weighted by atomic mass is 9.90. The SMILES string of the molecule is C[C@@H]1Cc2cc(C3CC4CN(C(=O)OC(C)(C)C)CCN4C3)ccc2C(=O)O1. The lowest BCUT2D eigenvalue weighted by Gasteiger charge is -2.37. The summed E-state index contributed by atoms with van der Waals surface area (Å²) in [6.45, 7) is 11.0. The van der Waals surface area contributed by atoms with E-state index in [0.717, 1.165) is 38.0 Å². The molecule has 28 heavy (non-hydrogen) atoms. The van der Waals surface area contributed by atoms with Crippen molar-refractivity contribution < 1.29 is 19.1 Å². The molecule has 152 valence electrons. The highest BCUT2D eigenvalue weighted by Gasteiger charge is 2.39. The molecule has 2 fully saturated rings. The summed E-state index contributed by atoms with van der Waals surface area (Å²) in [4.78, 5) is 28.8. The standard InChI is InChI=1S/C22H30N2O4/c1-14-9-16-10-15(5-6-19(16)20(25)27-14)17-11-18-13-24(8-7-23(18)12-17)21(26)28-22(2,3)4/h5-6,10,14,17-18H,7-9,11-13H2,1-4H3/t14-,17?,18?/m1/s1. The van der Waals surface area contributed by atoms with Crippen LogP contribution in [-0.2, 0) is 15.9 Å². The number of hydrogen-bond acceptors (Lipinski definition) is 5. The number of nitrogens with zero attached hydrogens (tertiary/aromatic N) is 2. The van der Waals surface area contributed by atoms with Gasteiger partial charge in [-0.15, -0.1) is 0 Å². The topological polar surface area (TPSA) is 59.1 Å². The van der Waals surface area contributed by atoms with Crippen LogP contribution in [0.3, 0.4) is 0 Å². The second-order valence-corrected chi connectivity index (χ2v) is 9.34. The number of cyclic esters (lactones) is 1. The van der Waals surface area contributed by atoms with E-state index < -0.39 is 5.60 Å². The van der Waals surface area contributed by atoms with Crippen LogP contribution in [0.4, 0.5) is 4.79 Å². The fourth-order valence-electron chi connectivity index (χ4n) is 4.61. The minimum atomic E-state index is -0.464. The van der Waals surface area contributed by atoms with E-state index in [1.807, 2.05) is 38.7 Å². The molecule has 6 heteroatoms. The number of rotatable bonds is 1. The van der Waals surface area contributed by atoms with Crippen LogP contribution in [0.2, 0.25) is 0 Å². The Hall–Kier alpha value is -2.08. The summed E-state index contributed by atoms with van der Waals surface area (Å²) >= 11 is 0. The van der Waals surface area contributed by atoms with E-state index in [9.17, 15) is 9.59 Å². The highest BCUT2D eigenvalue weighted by Crippen LogP contribution is 2.35. The van der Waals surface area contributed by atoms with E-state index in [2.05, 4.69) is 17.0 Å². The quantitative estimate of drug-likeness (QED) is 0.694. The van der Waals surface area contributed by atoms with E-state index >= 15 is 0 Å². The Bertz CT molecular complexity index is 785. The Kier molecular flexibility index (Phi) is 4.86.